The highest BCUT2D eigenvalue weighted by Gasteiger charge is 2.09. The van der Waals surface area contributed by atoms with Gasteiger partial charge < -0.3 is 4.74 Å². The molecule has 62 valence electrons. The Labute approximate surface area is 61.1 Å². The molecular formula is C5H6F2N2O2. The van der Waals surface area contributed by atoms with Gasteiger partial charge in [-0.25, -0.2) is 13.4 Å². The van der Waals surface area contributed by atoms with Gasteiger partial charge in [-0.05, 0) is 12.1 Å². The summed E-state index contributed by atoms with van der Waals surface area (Å²) in [6.07, 6.45) is -2.51. The molecule has 0 spiro atoms. The largest absolute Gasteiger partial charge is 0.468 e. The zero-order valence-electron chi connectivity index (χ0n) is 5.75. The van der Waals surface area contributed by atoms with Crippen molar-refractivity contribution in [2.75, 3.05) is 6.61 Å². The molecule has 11 heavy (non-hydrogen) atoms. The fourth-order valence-electron chi connectivity index (χ4n) is 0.497. The highest BCUT2D eigenvalue weighted by Crippen LogP contribution is 2.10. The smallest absolute Gasteiger partial charge is 0.278 e. The Morgan fingerprint density at radius 1 is 1.55 bits per heavy atom. The number of alkyl halides is 2. The minimum atomic E-state index is -2.51. The summed E-state index contributed by atoms with van der Waals surface area (Å²) in [6.45, 7) is 0.867. The second-order valence-electron chi connectivity index (χ2n) is 1.86. The van der Waals surface area contributed by atoms with Crippen molar-refractivity contribution in [3.63, 3.8) is 0 Å². The van der Waals surface area contributed by atoms with E-state index in [1.807, 2.05) is 0 Å². The monoisotopic (exact) mass is 164 g/mol. The molecule has 0 aliphatic heterocycles. The first-order chi connectivity index (χ1) is 5.20. The van der Waals surface area contributed by atoms with E-state index in [-0.39, 0.29) is 5.88 Å². The van der Waals surface area contributed by atoms with Crippen LogP contribution in [-0.2, 0) is 0 Å². The van der Waals surface area contributed by atoms with Crippen molar-refractivity contribution < 1.29 is 18.1 Å². The Morgan fingerprint density at radius 2 is 2.27 bits per heavy atom. The second kappa shape index (κ2) is 3.27. The Kier molecular flexibility index (Phi) is 2.35. The zero-order chi connectivity index (χ0) is 8.27. The third kappa shape index (κ3) is 2.14. The highest BCUT2D eigenvalue weighted by molar-refractivity contribution is 5.11. The fourth-order valence-corrected chi connectivity index (χ4v) is 0.497. The molecular weight excluding hydrogens is 158 g/mol. The molecule has 1 heterocycles. The van der Waals surface area contributed by atoms with Crippen LogP contribution in [0.1, 0.15) is 5.69 Å². The van der Waals surface area contributed by atoms with E-state index >= 15 is 0 Å². The Morgan fingerprint density at radius 3 is 2.73 bits per heavy atom. The van der Waals surface area contributed by atoms with Crippen LogP contribution in [0.4, 0.5) is 8.78 Å². The van der Waals surface area contributed by atoms with Crippen LogP contribution in [0.5, 0.6) is 5.88 Å². The molecule has 1 aromatic heterocycles. The van der Waals surface area contributed by atoms with Crippen LogP contribution in [0, 0.1) is 6.92 Å². The van der Waals surface area contributed by atoms with E-state index in [1.165, 1.54) is 0 Å². The molecule has 6 heteroatoms. The van der Waals surface area contributed by atoms with Gasteiger partial charge in [0.05, 0.1) is 0 Å². The number of nitrogens with zero attached hydrogens (tertiary/aromatic N) is 2. The number of hydrogen-bond acceptors (Lipinski definition) is 4. The molecule has 0 aromatic carbocycles. The molecule has 0 unspecified atom stereocenters. The predicted molar refractivity (Wildman–Crippen MR) is 30.5 cm³/mol. The summed E-state index contributed by atoms with van der Waals surface area (Å²) in [5.41, 5.74) is 0.366. The Bertz CT molecular complexity index is 226. The van der Waals surface area contributed by atoms with E-state index in [9.17, 15) is 8.78 Å². The van der Waals surface area contributed by atoms with Crippen LogP contribution in [-0.4, -0.2) is 23.3 Å². The maximum Gasteiger partial charge on any atom is 0.278 e. The molecule has 4 nitrogen and oxygen atoms in total. The maximum atomic E-state index is 11.6. The lowest BCUT2D eigenvalue weighted by Gasteiger charge is -1.98. The lowest BCUT2D eigenvalue weighted by molar-refractivity contribution is 0.0771. The lowest BCUT2D eigenvalue weighted by Crippen LogP contribution is -2.07. The van der Waals surface area contributed by atoms with E-state index in [1.54, 1.807) is 6.92 Å². The fraction of sp³-hybridized carbons (Fsp3) is 0.600. The molecule has 0 fully saturated rings. The first-order valence-electron chi connectivity index (χ1n) is 2.90. The molecule has 0 amide bonds. The number of aryl methyl sites for hydroxylation is 1. The van der Waals surface area contributed by atoms with Gasteiger partial charge in [-0.3, -0.25) is 0 Å². The van der Waals surface area contributed by atoms with Gasteiger partial charge in [0.1, 0.15) is 5.69 Å². The third-order valence-corrected chi connectivity index (χ3v) is 0.957. The molecule has 0 N–H and O–H groups in total. The van der Waals surface area contributed by atoms with Crippen LogP contribution in [0.25, 0.3) is 0 Å². The Balaban J connectivity index is 2.44. The molecule has 1 aromatic rings. The summed E-state index contributed by atoms with van der Waals surface area (Å²) in [5.74, 6) is 0.0188. The molecule has 0 radical (unpaired) electrons. The molecule has 0 bridgehead atoms. The highest BCUT2D eigenvalue weighted by atomic mass is 19.3. The maximum absolute atomic E-state index is 11.6. The van der Waals surface area contributed by atoms with E-state index in [0.717, 1.165) is 0 Å². The molecule has 0 aliphatic carbocycles. The van der Waals surface area contributed by atoms with Crippen LogP contribution < -0.4 is 4.74 Å². The summed E-state index contributed by atoms with van der Waals surface area (Å²) in [6, 6.07) is 0. The lowest BCUT2D eigenvalue weighted by atomic mass is 10.5. The van der Waals surface area contributed by atoms with Gasteiger partial charge in [-0.15, -0.1) is 0 Å². The third-order valence-electron chi connectivity index (χ3n) is 0.957. The molecule has 1 rings (SSSR count). The first-order valence-corrected chi connectivity index (χ1v) is 2.90. The summed E-state index contributed by atoms with van der Waals surface area (Å²) in [7, 11) is 0. The van der Waals surface area contributed by atoms with Crippen LogP contribution >= 0.6 is 0 Å². The average Bonchev–Trinajstić information content (AvgIpc) is 2.31. The van der Waals surface area contributed by atoms with Crippen LogP contribution in [0.2, 0.25) is 0 Å². The topological polar surface area (TPSA) is 48.2 Å². The van der Waals surface area contributed by atoms with Crippen molar-refractivity contribution in [3.8, 4) is 5.88 Å². The number of ether oxygens (including phenoxy) is 1. The molecule has 0 aliphatic rings. The molecule has 0 saturated carbocycles. The van der Waals surface area contributed by atoms with Gasteiger partial charge in [-0.1, -0.05) is 5.16 Å². The number of rotatable bonds is 3. The predicted octanol–water partition coefficient (Wildman–Crippen LogP) is 1.02. The van der Waals surface area contributed by atoms with E-state index in [4.69, 9.17) is 0 Å². The minimum absolute atomic E-state index is 0.0188. The van der Waals surface area contributed by atoms with E-state index in [0.29, 0.717) is 5.69 Å². The summed E-state index contributed by atoms with van der Waals surface area (Å²) in [5, 5.41) is 6.58. The number of halogens is 2. The van der Waals surface area contributed by atoms with Gasteiger partial charge in [-0.2, -0.15) is 0 Å². The van der Waals surface area contributed by atoms with Crippen molar-refractivity contribution in [1.29, 1.82) is 0 Å². The second-order valence-corrected chi connectivity index (χ2v) is 1.86. The summed E-state index contributed by atoms with van der Waals surface area (Å²) < 4.78 is 31.8. The van der Waals surface area contributed by atoms with Gasteiger partial charge in [0.2, 0.25) is 0 Å². The van der Waals surface area contributed by atoms with Gasteiger partial charge in [0.15, 0.2) is 6.61 Å². The van der Waals surface area contributed by atoms with Crippen molar-refractivity contribution in [1.82, 2.24) is 10.3 Å². The quantitative estimate of drug-likeness (QED) is 0.669. The van der Waals surface area contributed by atoms with E-state index in [2.05, 4.69) is 19.7 Å². The standard InChI is InChI=1S/C5H6F2N2O2/c1-3-5(9-11-8-3)10-2-4(6)7/h4H,2H2,1H3. The van der Waals surface area contributed by atoms with Gasteiger partial charge >= 0.3 is 0 Å². The van der Waals surface area contributed by atoms with Crippen molar-refractivity contribution in [3.05, 3.63) is 5.69 Å². The van der Waals surface area contributed by atoms with Crippen molar-refractivity contribution in [2.45, 2.75) is 13.3 Å². The first kappa shape index (κ1) is 7.90. The van der Waals surface area contributed by atoms with Crippen molar-refractivity contribution in [2.24, 2.45) is 0 Å². The van der Waals surface area contributed by atoms with Crippen LogP contribution in [0.3, 0.4) is 0 Å². The van der Waals surface area contributed by atoms with E-state index < -0.39 is 13.0 Å². The molecule has 0 atom stereocenters. The van der Waals surface area contributed by atoms with Gasteiger partial charge in [0, 0.05) is 0 Å². The van der Waals surface area contributed by atoms with Gasteiger partial charge in [0.25, 0.3) is 12.3 Å². The number of aromatic nitrogens is 2. The summed E-state index contributed by atoms with van der Waals surface area (Å²) in [4.78, 5) is 0. The Hall–Kier alpha value is -1.20. The van der Waals surface area contributed by atoms with Crippen LogP contribution in [0.15, 0.2) is 4.63 Å². The number of hydrogen-bond donors (Lipinski definition) is 0. The SMILES string of the molecule is Cc1nonc1OCC(F)F. The van der Waals surface area contributed by atoms with Crippen molar-refractivity contribution >= 4 is 0 Å². The zero-order valence-corrected chi connectivity index (χ0v) is 5.75. The molecule has 0 saturated heterocycles. The summed E-state index contributed by atoms with van der Waals surface area (Å²) >= 11 is 0. The average molecular weight is 164 g/mol. The normalized spacial score (nSPS) is 10.5. The minimum Gasteiger partial charge on any atom is -0.468 e.